The molecule has 0 radical (unpaired) electrons. The molecule has 0 amide bonds. The van der Waals surface area contributed by atoms with Crippen molar-refractivity contribution in [3.05, 3.63) is 34.1 Å². The van der Waals surface area contributed by atoms with Crippen LogP contribution >= 0.6 is 15.9 Å². The normalized spacial score (nSPS) is 27.5. The van der Waals surface area contributed by atoms with Crippen molar-refractivity contribution in [2.45, 2.75) is 44.3 Å². The lowest BCUT2D eigenvalue weighted by molar-refractivity contribution is 0.180. The van der Waals surface area contributed by atoms with Crippen LogP contribution < -0.4 is 5.32 Å². The lowest BCUT2D eigenvalue weighted by atomic mass is 9.99. The van der Waals surface area contributed by atoms with E-state index in [0.29, 0.717) is 10.5 Å². The van der Waals surface area contributed by atoms with Crippen LogP contribution in [0.3, 0.4) is 0 Å². The molecule has 0 spiro atoms. The van der Waals surface area contributed by atoms with Crippen molar-refractivity contribution in [2.24, 2.45) is 0 Å². The molecule has 2 aliphatic rings. The summed E-state index contributed by atoms with van der Waals surface area (Å²) >= 11 is 3.24. The first-order chi connectivity index (χ1) is 9.24. The van der Waals surface area contributed by atoms with Gasteiger partial charge in [0.05, 0.1) is 4.47 Å². The van der Waals surface area contributed by atoms with Crippen LogP contribution in [0.15, 0.2) is 22.7 Å². The Balaban J connectivity index is 1.58. The van der Waals surface area contributed by atoms with Crippen molar-refractivity contribution in [1.82, 2.24) is 10.2 Å². The average Bonchev–Trinajstić information content (AvgIpc) is 2.83. The van der Waals surface area contributed by atoms with Gasteiger partial charge in [0, 0.05) is 25.2 Å². The Morgan fingerprint density at radius 1 is 1.26 bits per heavy atom. The zero-order valence-corrected chi connectivity index (χ0v) is 12.6. The standard InChI is InChI=1S/C15H20BrFN2/c16-12-9-11(4-5-13(12)17)10-18-14-6-8-19-7-2-1-3-15(14)19/h4-5,9,14-15,18H,1-3,6-8,10H2. The summed E-state index contributed by atoms with van der Waals surface area (Å²) in [4.78, 5) is 2.63. The number of hydrogen-bond acceptors (Lipinski definition) is 2. The Hall–Kier alpha value is -0.450. The second-order valence-corrected chi connectivity index (χ2v) is 6.48. The van der Waals surface area contributed by atoms with Crippen LogP contribution in [-0.2, 0) is 6.54 Å². The molecule has 2 atom stereocenters. The molecule has 2 saturated heterocycles. The highest BCUT2D eigenvalue weighted by Crippen LogP contribution is 2.27. The van der Waals surface area contributed by atoms with Gasteiger partial charge < -0.3 is 5.32 Å². The van der Waals surface area contributed by atoms with Gasteiger partial charge in [-0.3, -0.25) is 4.90 Å². The molecule has 0 saturated carbocycles. The minimum atomic E-state index is -0.192. The van der Waals surface area contributed by atoms with Gasteiger partial charge in [0.25, 0.3) is 0 Å². The Labute approximate surface area is 122 Å². The first kappa shape index (κ1) is 13.5. The highest BCUT2D eigenvalue weighted by Gasteiger charge is 2.34. The summed E-state index contributed by atoms with van der Waals surface area (Å²) < 4.78 is 13.7. The Bertz CT molecular complexity index is 452. The Kier molecular flexibility index (Phi) is 4.20. The molecule has 0 aromatic heterocycles. The van der Waals surface area contributed by atoms with Gasteiger partial charge in [-0.05, 0) is 59.4 Å². The second kappa shape index (κ2) is 5.90. The molecule has 19 heavy (non-hydrogen) atoms. The van der Waals surface area contributed by atoms with Crippen molar-refractivity contribution < 1.29 is 4.39 Å². The van der Waals surface area contributed by atoms with Crippen LogP contribution in [0.5, 0.6) is 0 Å². The third-order valence-corrected chi connectivity index (χ3v) is 5.02. The lowest BCUT2D eigenvalue weighted by Gasteiger charge is -2.32. The molecule has 3 rings (SSSR count). The number of halogens is 2. The first-order valence-electron chi connectivity index (χ1n) is 7.15. The highest BCUT2D eigenvalue weighted by molar-refractivity contribution is 9.10. The van der Waals surface area contributed by atoms with Crippen LogP contribution in [0.1, 0.15) is 31.2 Å². The fourth-order valence-corrected chi connectivity index (χ4v) is 3.81. The maximum Gasteiger partial charge on any atom is 0.137 e. The van der Waals surface area contributed by atoms with Crippen LogP contribution in [0.4, 0.5) is 4.39 Å². The molecule has 2 fully saturated rings. The minimum Gasteiger partial charge on any atom is -0.308 e. The van der Waals surface area contributed by atoms with E-state index in [1.165, 1.54) is 44.8 Å². The predicted molar refractivity (Wildman–Crippen MR) is 78.6 cm³/mol. The zero-order valence-electron chi connectivity index (χ0n) is 11.0. The second-order valence-electron chi connectivity index (χ2n) is 5.62. The summed E-state index contributed by atoms with van der Waals surface area (Å²) in [5.74, 6) is -0.192. The van der Waals surface area contributed by atoms with Gasteiger partial charge in [-0.15, -0.1) is 0 Å². The molecule has 0 aliphatic carbocycles. The summed E-state index contributed by atoms with van der Waals surface area (Å²) in [6.07, 6.45) is 5.29. The van der Waals surface area contributed by atoms with Crippen molar-refractivity contribution >= 4 is 15.9 Å². The van der Waals surface area contributed by atoms with Gasteiger partial charge in [0.1, 0.15) is 5.82 Å². The SMILES string of the molecule is Fc1ccc(CNC2CCN3CCCCC23)cc1Br. The molecule has 2 unspecified atom stereocenters. The summed E-state index contributed by atoms with van der Waals surface area (Å²) in [6.45, 7) is 3.33. The van der Waals surface area contributed by atoms with Gasteiger partial charge in [-0.1, -0.05) is 12.5 Å². The molecule has 4 heteroatoms. The number of benzene rings is 1. The van der Waals surface area contributed by atoms with E-state index in [0.717, 1.165) is 18.2 Å². The monoisotopic (exact) mass is 326 g/mol. The van der Waals surface area contributed by atoms with Crippen LogP contribution in [0, 0.1) is 5.82 Å². The molecule has 2 aliphatic heterocycles. The number of nitrogens with one attached hydrogen (secondary N) is 1. The molecule has 2 nitrogen and oxygen atoms in total. The molecule has 1 N–H and O–H groups in total. The number of fused-ring (bicyclic) bond motifs is 1. The van der Waals surface area contributed by atoms with Gasteiger partial charge in [-0.25, -0.2) is 4.39 Å². The molecular weight excluding hydrogens is 307 g/mol. The topological polar surface area (TPSA) is 15.3 Å². The van der Waals surface area contributed by atoms with E-state index in [2.05, 4.69) is 26.1 Å². The third kappa shape index (κ3) is 3.01. The predicted octanol–water partition coefficient (Wildman–Crippen LogP) is 3.30. The fourth-order valence-electron chi connectivity index (χ4n) is 3.38. The quantitative estimate of drug-likeness (QED) is 0.916. The van der Waals surface area contributed by atoms with E-state index in [1.54, 1.807) is 0 Å². The van der Waals surface area contributed by atoms with Crippen molar-refractivity contribution in [2.75, 3.05) is 13.1 Å². The first-order valence-corrected chi connectivity index (χ1v) is 7.95. The minimum absolute atomic E-state index is 0.192. The van der Waals surface area contributed by atoms with E-state index in [9.17, 15) is 4.39 Å². The number of rotatable bonds is 3. The highest BCUT2D eigenvalue weighted by atomic mass is 79.9. The van der Waals surface area contributed by atoms with E-state index in [4.69, 9.17) is 0 Å². The summed E-state index contributed by atoms with van der Waals surface area (Å²) in [6, 6.07) is 6.58. The summed E-state index contributed by atoms with van der Waals surface area (Å²) in [7, 11) is 0. The maximum absolute atomic E-state index is 13.2. The largest absolute Gasteiger partial charge is 0.308 e. The number of hydrogen-bond donors (Lipinski definition) is 1. The number of nitrogens with zero attached hydrogens (tertiary/aromatic N) is 1. The Morgan fingerprint density at radius 3 is 3.00 bits per heavy atom. The van der Waals surface area contributed by atoms with Crippen LogP contribution in [0.2, 0.25) is 0 Å². The fraction of sp³-hybridized carbons (Fsp3) is 0.600. The maximum atomic E-state index is 13.2. The van der Waals surface area contributed by atoms with E-state index in [1.807, 2.05) is 12.1 Å². The van der Waals surface area contributed by atoms with Crippen LogP contribution in [0.25, 0.3) is 0 Å². The third-order valence-electron chi connectivity index (χ3n) is 4.41. The van der Waals surface area contributed by atoms with Gasteiger partial charge in [0.15, 0.2) is 0 Å². The van der Waals surface area contributed by atoms with Crippen molar-refractivity contribution in [3.8, 4) is 0 Å². The van der Waals surface area contributed by atoms with Gasteiger partial charge >= 0.3 is 0 Å². The molecule has 1 aromatic carbocycles. The van der Waals surface area contributed by atoms with Gasteiger partial charge in [0.2, 0.25) is 0 Å². The van der Waals surface area contributed by atoms with E-state index in [-0.39, 0.29) is 5.82 Å². The van der Waals surface area contributed by atoms with E-state index < -0.39 is 0 Å². The Morgan fingerprint density at radius 2 is 2.16 bits per heavy atom. The summed E-state index contributed by atoms with van der Waals surface area (Å²) in [5.41, 5.74) is 1.14. The molecule has 104 valence electrons. The van der Waals surface area contributed by atoms with Crippen molar-refractivity contribution in [3.63, 3.8) is 0 Å². The number of piperidine rings is 1. The molecule has 0 bridgehead atoms. The van der Waals surface area contributed by atoms with Crippen LogP contribution in [-0.4, -0.2) is 30.1 Å². The van der Waals surface area contributed by atoms with Crippen molar-refractivity contribution in [1.29, 1.82) is 0 Å². The average molecular weight is 327 g/mol. The zero-order chi connectivity index (χ0) is 13.2. The molecule has 1 aromatic rings. The smallest absolute Gasteiger partial charge is 0.137 e. The molecular formula is C15H20BrFN2. The molecule has 2 heterocycles. The summed E-state index contributed by atoms with van der Waals surface area (Å²) in [5, 5.41) is 3.66. The lowest BCUT2D eigenvalue weighted by Crippen LogP contribution is -2.44. The van der Waals surface area contributed by atoms with E-state index >= 15 is 0 Å². The van der Waals surface area contributed by atoms with Gasteiger partial charge in [-0.2, -0.15) is 0 Å².